The largest absolute Gasteiger partial charge is 0.647 e. The lowest BCUT2D eigenvalue weighted by molar-refractivity contribution is 0.298. The Bertz CT molecular complexity index is 1840. The number of hydrogen-bond acceptors (Lipinski definition) is 4. The molecule has 0 atom stereocenters. The Morgan fingerprint density at radius 1 is 0.360 bits per heavy atom. The molecule has 0 spiro atoms. The van der Waals surface area contributed by atoms with Gasteiger partial charge in [0.2, 0.25) is 0 Å². The van der Waals surface area contributed by atoms with Gasteiger partial charge in [-0.25, -0.2) is 0 Å². The molecule has 0 aliphatic heterocycles. The molecule has 0 aliphatic carbocycles. The van der Waals surface area contributed by atoms with Crippen molar-refractivity contribution in [3.63, 3.8) is 0 Å². The molecule has 0 saturated carbocycles. The Hall–Kier alpha value is -5.05. The van der Waals surface area contributed by atoms with E-state index < -0.39 is 7.82 Å². The number of phosphoric ester groups is 1. The van der Waals surface area contributed by atoms with E-state index in [1.807, 2.05) is 91.0 Å². The highest BCUT2D eigenvalue weighted by Crippen LogP contribution is 2.50. The zero-order valence-corrected chi connectivity index (χ0v) is 30.6. The molecule has 50 heavy (non-hydrogen) atoms. The maximum atomic E-state index is 14.5. The normalized spacial score (nSPS) is 11.6. The summed E-state index contributed by atoms with van der Waals surface area (Å²) >= 11 is 0. The van der Waals surface area contributed by atoms with Gasteiger partial charge in [0.25, 0.3) is 0 Å². The first-order chi connectivity index (χ1) is 24.1. The molecule has 5 heteroatoms. The summed E-state index contributed by atoms with van der Waals surface area (Å²) in [7, 11) is -4.22. The summed E-state index contributed by atoms with van der Waals surface area (Å²) < 4.78 is 32.9. The topological polar surface area (TPSA) is 44.8 Å². The van der Waals surface area contributed by atoms with E-state index in [4.69, 9.17) is 13.6 Å². The second-order valence-corrected chi connectivity index (χ2v) is 15.0. The van der Waals surface area contributed by atoms with Crippen LogP contribution in [0.1, 0.15) is 76.0 Å². The van der Waals surface area contributed by atoms with Gasteiger partial charge in [0, 0.05) is 0 Å². The van der Waals surface area contributed by atoms with Crippen molar-refractivity contribution in [2.75, 3.05) is 0 Å². The summed E-state index contributed by atoms with van der Waals surface area (Å²) in [6, 6.07) is 47.8. The highest BCUT2D eigenvalue weighted by atomic mass is 31.2. The molecule has 254 valence electrons. The van der Waals surface area contributed by atoms with Crippen molar-refractivity contribution in [3.8, 4) is 50.6 Å². The summed E-state index contributed by atoms with van der Waals surface area (Å²) in [5.74, 6) is 2.26. The molecule has 0 amide bonds. The maximum Gasteiger partial charge on any atom is 0.647 e. The summed E-state index contributed by atoms with van der Waals surface area (Å²) in [6.45, 7) is 13.1. The average Bonchev–Trinajstić information content (AvgIpc) is 3.12. The molecule has 6 aromatic rings. The zero-order valence-electron chi connectivity index (χ0n) is 29.7. The predicted molar refractivity (Wildman–Crippen MR) is 207 cm³/mol. The molecule has 0 fully saturated rings. The van der Waals surface area contributed by atoms with Crippen LogP contribution >= 0.6 is 7.82 Å². The van der Waals surface area contributed by atoms with E-state index in [-0.39, 0.29) is 0 Å². The van der Waals surface area contributed by atoms with Gasteiger partial charge in [-0.15, -0.1) is 0 Å². The fraction of sp³-hybridized carbons (Fsp3) is 0.200. The van der Waals surface area contributed by atoms with Crippen LogP contribution in [0.15, 0.2) is 146 Å². The van der Waals surface area contributed by atoms with Crippen molar-refractivity contribution in [2.45, 2.75) is 59.3 Å². The van der Waals surface area contributed by atoms with Gasteiger partial charge in [-0.2, -0.15) is 4.57 Å². The summed E-state index contributed by atoms with van der Waals surface area (Å²) in [5, 5.41) is 0. The highest BCUT2D eigenvalue weighted by Gasteiger charge is 2.33. The summed E-state index contributed by atoms with van der Waals surface area (Å²) in [4.78, 5) is 0. The smallest absolute Gasteiger partial charge is 0.386 e. The Balaban J connectivity index is 1.29. The number of hydrogen-bond donors (Lipinski definition) is 0. The fourth-order valence-electron chi connectivity index (χ4n) is 6.32. The van der Waals surface area contributed by atoms with Gasteiger partial charge in [-0.3, -0.25) is 0 Å². The van der Waals surface area contributed by atoms with E-state index in [1.165, 1.54) is 16.7 Å². The fourth-order valence-corrected chi connectivity index (χ4v) is 7.57. The minimum atomic E-state index is -4.22. The van der Waals surface area contributed by atoms with Gasteiger partial charge >= 0.3 is 7.82 Å². The SMILES string of the molecule is CC(C)c1ccccc1-c1ccc(OP(=O)(Oc2ccc(-c3ccccc3C(C)C)cc2)Oc2ccc(-c3ccccc3C(C)C)cc2)cc1. The van der Waals surface area contributed by atoms with E-state index in [9.17, 15) is 4.57 Å². The van der Waals surface area contributed by atoms with Crippen LogP contribution in [-0.4, -0.2) is 0 Å². The lowest BCUT2D eigenvalue weighted by atomic mass is 9.93. The minimum Gasteiger partial charge on any atom is -0.386 e. The standard InChI is InChI=1S/C45H45O4P/c1-31(2)40-13-7-10-16-43(40)34-19-25-37(26-20-34)47-50(46,48-38-27-21-35(22-28-38)44-17-11-8-14-41(44)32(3)4)49-39-29-23-36(24-30-39)45-18-12-9-15-42(45)33(5)6/h7-33H,1-6H3. The molecule has 0 bridgehead atoms. The van der Waals surface area contributed by atoms with Crippen LogP contribution in [0.3, 0.4) is 0 Å². The molecule has 0 radical (unpaired) electrons. The molecule has 0 aromatic heterocycles. The number of phosphoric acid groups is 1. The van der Waals surface area contributed by atoms with E-state index in [0.717, 1.165) is 33.4 Å². The van der Waals surface area contributed by atoms with Crippen LogP contribution < -0.4 is 13.6 Å². The van der Waals surface area contributed by atoms with E-state index in [1.54, 1.807) is 0 Å². The van der Waals surface area contributed by atoms with E-state index >= 15 is 0 Å². The quantitative estimate of drug-likeness (QED) is 0.121. The van der Waals surface area contributed by atoms with Crippen molar-refractivity contribution in [1.82, 2.24) is 0 Å². The first kappa shape index (κ1) is 34.8. The molecule has 0 heterocycles. The third-order valence-electron chi connectivity index (χ3n) is 8.90. The van der Waals surface area contributed by atoms with Crippen LogP contribution in [-0.2, 0) is 4.57 Å². The molecule has 0 N–H and O–H groups in total. The molecular weight excluding hydrogens is 635 g/mol. The van der Waals surface area contributed by atoms with E-state index in [0.29, 0.717) is 35.0 Å². The van der Waals surface area contributed by atoms with E-state index in [2.05, 4.69) is 96.1 Å². The Morgan fingerprint density at radius 3 is 0.840 bits per heavy atom. The minimum absolute atomic E-state index is 0.375. The zero-order chi connectivity index (χ0) is 35.3. The molecule has 4 nitrogen and oxygen atoms in total. The monoisotopic (exact) mass is 680 g/mol. The lowest BCUT2D eigenvalue weighted by Gasteiger charge is -2.20. The van der Waals surface area contributed by atoms with Gasteiger partial charge in [-0.05, 0) is 104 Å². The highest BCUT2D eigenvalue weighted by molar-refractivity contribution is 7.49. The van der Waals surface area contributed by atoms with Gasteiger partial charge in [0.1, 0.15) is 17.2 Å². The van der Waals surface area contributed by atoms with Gasteiger partial charge in [0.15, 0.2) is 0 Å². The maximum absolute atomic E-state index is 14.5. The third-order valence-corrected chi connectivity index (χ3v) is 10.2. The van der Waals surface area contributed by atoms with Crippen LogP contribution in [0.2, 0.25) is 0 Å². The molecule has 6 aromatic carbocycles. The second kappa shape index (κ2) is 15.2. The van der Waals surface area contributed by atoms with Crippen LogP contribution in [0.4, 0.5) is 0 Å². The van der Waals surface area contributed by atoms with Crippen molar-refractivity contribution in [2.24, 2.45) is 0 Å². The summed E-state index contributed by atoms with van der Waals surface area (Å²) in [6.07, 6.45) is 0. The Morgan fingerprint density at radius 2 is 0.600 bits per heavy atom. The molecule has 0 unspecified atom stereocenters. The van der Waals surface area contributed by atoms with Gasteiger partial charge in [-0.1, -0.05) is 151 Å². The second-order valence-electron chi connectivity index (χ2n) is 13.5. The van der Waals surface area contributed by atoms with Gasteiger partial charge in [0.05, 0.1) is 0 Å². The van der Waals surface area contributed by atoms with Crippen molar-refractivity contribution in [1.29, 1.82) is 0 Å². The Labute approximate surface area is 297 Å². The first-order valence-electron chi connectivity index (χ1n) is 17.4. The van der Waals surface area contributed by atoms with Crippen molar-refractivity contribution < 1.29 is 18.1 Å². The van der Waals surface area contributed by atoms with Crippen LogP contribution in [0.5, 0.6) is 17.2 Å². The molecular formula is C45H45O4P. The summed E-state index contributed by atoms with van der Waals surface area (Å²) in [5.41, 5.74) is 10.4. The van der Waals surface area contributed by atoms with Crippen molar-refractivity contribution in [3.05, 3.63) is 162 Å². The number of benzene rings is 6. The molecule has 0 aliphatic rings. The van der Waals surface area contributed by atoms with Crippen molar-refractivity contribution >= 4 is 7.82 Å². The third kappa shape index (κ3) is 8.04. The number of rotatable bonds is 12. The van der Waals surface area contributed by atoms with Crippen LogP contribution in [0, 0.1) is 0 Å². The van der Waals surface area contributed by atoms with Crippen LogP contribution in [0.25, 0.3) is 33.4 Å². The molecule has 6 rings (SSSR count). The van der Waals surface area contributed by atoms with Gasteiger partial charge < -0.3 is 13.6 Å². The first-order valence-corrected chi connectivity index (χ1v) is 18.8. The lowest BCUT2D eigenvalue weighted by Crippen LogP contribution is -2.07. The Kier molecular flexibility index (Phi) is 10.6. The predicted octanol–water partition coefficient (Wildman–Crippen LogP) is 13.7. The average molecular weight is 681 g/mol. The molecule has 0 saturated heterocycles.